The Morgan fingerprint density at radius 1 is 1.14 bits per heavy atom. The van der Waals surface area contributed by atoms with E-state index in [4.69, 9.17) is 16.3 Å². The van der Waals surface area contributed by atoms with Gasteiger partial charge in [0.05, 0.1) is 12.8 Å². The second kappa shape index (κ2) is 7.97. The fraction of sp³-hybridized carbons (Fsp3) is 0.227. The zero-order chi connectivity index (χ0) is 20.5. The van der Waals surface area contributed by atoms with Crippen molar-refractivity contribution >= 4 is 34.8 Å². The highest BCUT2D eigenvalue weighted by Crippen LogP contribution is 2.32. The zero-order valence-electron chi connectivity index (χ0n) is 16.0. The van der Waals surface area contributed by atoms with Gasteiger partial charge in [-0.15, -0.1) is 11.3 Å². The van der Waals surface area contributed by atoms with Gasteiger partial charge in [0, 0.05) is 23.6 Å². The molecule has 1 aromatic heterocycles. The Balaban J connectivity index is 1.69. The monoisotopic (exact) mass is 426 g/mol. The van der Waals surface area contributed by atoms with Crippen LogP contribution in [0.5, 0.6) is 0 Å². The third kappa shape index (κ3) is 3.78. The number of aromatic nitrogens is 1. The Kier molecular flexibility index (Phi) is 5.39. The topological polar surface area (TPSA) is 59.5 Å². The summed E-state index contributed by atoms with van der Waals surface area (Å²) in [6, 6.07) is 14.6. The molecule has 0 saturated heterocycles. The predicted octanol–water partition coefficient (Wildman–Crippen LogP) is 4.51. The lowest BCUT2D eigenvalue weighted by Crippen LogP contribution is -2.49. The van der Waals surface area contributed by atoms with Gasteiger partial charge >= 0.3 is 5.97 Å². The van der Waals surface area contributed by atoms with Crippen LogP contribution >= 0.6 is 22.9 Å². The van der Waals surface area contributed by atoms with E-state index >= 15 is 0 Å². The van der Waals surface area contributed by atoms with Crippen LogP contribution < -0.4 is 0 Å². The predicted molar refractivity (Wildman–Crippen MR) is 113 cm³/mol. The number of benzene rings is 2. The number of halogens is 1. The number of rotatable bonds is 3. The lowest BCUT2D eigenvalue weighted by atomic mass is 9.93. The van der Waals surface area contributed by atoms with Crippen LogP contribution in [0.3, 0.4) is 0 Å². The summed E-state index contributed by atoms with van der Waals surface area (Å²) >= 11 is 7.29. The lowest BCUT2D eigenvalue weighted by Gasteiger charge is -2.35. The van der Waals surface area contributed by atoms with Crippen molar-refractivity contribution in [3.05, 3.63) is 75.3 Å². The highest BCUT2D eigenvalue weighted by Gasteiger charge is 2.37. The molecule has 0 bridgehead atoms. The van der Waals surface area contributed by atoms with Gasteiger partial charge in [0.15, 0.2) is 0 Å². The summed E-state index contributed by atoms with van der Waals surface area (Å²) < 4.78 is 4.98. The SMILES string of the molecule is COC(=O)C1Cc2ccccc2CN1C(=O)c1sc(-c2ccc(Cl)cc2)nc1C. The van der Waals surface area contributed by atoms with Gasteiger partial charge in [0.1, 0.15) is 15.9 Å². The summed E-state index contributed by atoms with van der Waals surface area (Å²) in [4.78, 5) is 32.6. The van der Waals surface area contributed by atoms with Crippen LogP contribution in [0, 0.1) is 6.92 Å². The Morgan fingerprint density at radius 2 is 1.83 bits per heavy atom. The number of aryl methyl sites for hydroxylation is 1. The van der Waals surface area contributed by atoms with E-state index in [0.29, 0.717) is 28.6 Å². The molecule has 2 heterocycles. The highest BCUT2D eigenvalue weighted by molar-refractivity contribution is 7.17. The molecule has 29 heavy (non-hydrogen) atoms. The number of thiazole rings is 1. The summed E-state index contributed by atoms with van der Waals surface area (Å²) in [5, 5.41) is 1.39. The van der Waals surface area contributed by atoms with E-state index in [1.165, 1.54) is 18.4 Å². The maximum Gasteiger partial charge on any atom is 0.328 e. The normalized spacial score (nSPS) is 15.7. The first-order valence-corrected chi connectivity index (χ1v) is 10.4. The minimum absolute atomic E-state index is 0.204. The number of fused-ring (bicyclic) bond motifs is 1. The average Bonchev–Trinajstić information content (AvgIpc) is 3.13. The van der Waals surface area contributed by atoms with E-state index in [9.17, 15) is 9.59 Å². The molecular weight excluding hydrogens is 408 g/mol. The first-order valence-electron chi connectivity index (χ1n) is 9.17. The molecule has 7 heteroatoms. The molecular formula is C22H19ClN2O3S. The van der Waals surface area contributed by atoms with Crippen molar-refractivity contribution in [3.8, 4) is 10.6 Å². The van der Waals surface area contributed by atoms with Crippen LogP contribution in [-0.4, -0.2) is 34.9 Å². The molecule has 0 aliphatic carbocycles. The largest absolute Gasteiger partial charge is 0.467 e. The minimum Gasteiger partial charge on any atom is -0.467 e. The molecule has 0 radical (unpaired) electrons. The Hall–Kier alpha value is -2.70. The number of carbonyl (C=O) groups is 2. The average molecular weight is 427 g/mol. The molecule has 148 valence electrons. The number of hydrogen-bond acceptors (Lipinski definition) is 5. The van der Waals surface area contributed by atoms with Gasteiger partial charge < -0.3 is 9.64 Å². The third-order valence-electron chi connectivity index (χ3n) is 5.06. The Bertz CT molecular complexity index is 1080. The van der Waals surface area contributed by atoms with E-state index in [1.807, 2.05) is 43.3 Å². The number of ether oxygens (including phenoxy) is 1. The van der Waals surface area contributed by atoms with Gasteiger partial charge in [-0.1, -0.05) is 48.0 Å². The second-order valence-electron chi connectivity index (χ2n) is 6.89. The second-order valence-corrected chi connectivity index (χ2v) is 8.32. The first-order chi connectivity index (χ1) is 14.0. The number of hydrogen-bond donors (Lipinski definition) is 0. The summed E-state index contributed by atoms with van der Waals surface area (Å²) in [5.41, 5.74) is 3.65. The van der Waals surface area contributed by atoms with Crippen molar-refractivity contribution in [3.63, 3.8) is 0 Å². The zero-order valence-corrected chi connectivity index (χ0v) is 17.6. The molecule has 1 amide bonds. The molecule has 0 N–H and O–H groups in total. The van der Waals surface area contributed by atoms with Crippen molar-refractivity contribution in [2.75, 3.05) is 7.11 Å². The van der Waals surface area contributed by atoms with E-state index in [2.05, 4.69) is 4.98 Å². The van der Waals surface area contributed by atoms with Crippen LogP contribution in [0.2, 0.25) is 5.02 Å². The number of nitrogens with zero attached hydrogens (tertiary/aromatic N) is 2. The van der Waals surface area contributed by atoms with Crippen LogP contribution in [0.25, 0.3) is 10.6 Å². The molecule has 1 unspecified atom stereocenters. The van der Waals surface area contributed by atoms with Crippen molar-refractivity contribution in [2.24, 2.45) is 0 Å². The molecule has 5 nitrogen and oxygen atoms in total. The fourth-order valence-electron chi connectivity index (χ4n) is 3.52. The van der Waals surface area contributed by atoms with Crippen LogP contribution in [0.4, 0.5) is 0 Å². The van der Waals surface area contributed by atoms with Crippen LogP contribution in [0.1, 0.15) is 26.5 Å². The Labute approximate surface area is 177 Å². The third-order valence-corrected chi connectivity index (χ3v) is 6.51. The van der Waals surface area contributed by atoms with Gasteiger partial charge in [0.2, 0.25) is 0 Å². The molecule has 0 saturated carbocycles. The summed E-state index contributed by atoms with van der Waals surface area (Å²) in [6.07, 6.45) is 0.441. The number of esters is 1. The summed E-state index contributed by atoms with van der Waals surface area (Å²) in [5.74, 6) is -0.613. The molecule has 2 aromatic carbocycles. The maximum atomic E-state index is 13.4. The molecule has 0 spiro atoms. The molecule has 4 rings (SSSR count). The number of methoxy groups -OCH3 is 1. The summed E-state index contributed by atoms with van der Waals surface area (Å²) in [7, 11) is 1.35. The van der Waals surface area contributed by atoms with E-state index in [0.717, 1.165) is 21.7 Å². The van der Waals surface area contributed by atoms with Gasteiger partial charge in [0.25, 0.3) is 5.91 Å². The van der Waals surface area contributed by atoms with Crippen LogP contribution in [-0.2, 0) is 22.5 Å². The van der Waals surface area contributed by atoms with Gasteiger partial charge in [-0.3, -0.25) is 4.79 Å². The van der Waals surface area contributed by atoms with E-state index in [1.54, 1.807) is 17.0 Å². The smallest absolute Gasteiger partial charge is 0.328 e. The quantitative estimate of drug-likeness (QED) is 0.578. The standard InChI is InChI=1S/C22H19ClN2O3S/c1-13-19(29-20(24-13)14-7-9-17(23)10-8-14)21(26)25-12-16-6-4-3-5-15(16)11-18(25)22(27)28-2/h3-10,18H,11-12H2,1-2H3. The van der Waals surface area contributed by atoms with Crippen molar-refractivity contribution in [2.45, 2.75) is 25.9 Å². The first kappa shape index (κ1) is 19.6. The molecule has 1 aliphatic rings. The maximum absolute atomic E-state index is 13.4. The number of amides is 1. The van der Waals surface area contributed by atoms with Gasteiger partial charge in [-0.2, -0.15) is 0 Å². The van der Waals surface area contributed by atoms with Crippen molar-refractivity contribution < 1.29 is 14.3 Å². The van der Waals surface area contributed by atoms with E-state index < -0.39 is 12.0 Å². The summed E-state index contributed by atoms with van der Waals surface area (Å²) in [6.45, 7) is 2.18. The number of carbonyl (C=O) groups excluding carboxylic acids is 2. The highest BCUT2D eigenvalue weighted by atomic mass is 35.5. The molecule has 1 atom stereocenters. The minimum atomic E-state index is -0.650. The lowest BCUT2D eigenvalue weighted by molar-refractivity contribution is -0.146. The molecule has 3 aromatic rings. The Morgan fingerprint density at radius 3 is 2.52 bits per heavy atom. The van der Waals surface area contributed by atoms with Crippen LogP contribution in [0.15, 0.2) is 48.5 Å². The molecule has 1 aliphatic heterocycles. The van der Waals surface area contributed by atoms with Crippen molar-refractivity contribution in [1.82, 2.24) is 9.88 Å². The van der Waals surface area contributed by atoms with Gasteiger partial charge in [-0.05, 0) is 30.2 Å². The van der Waals surface area contributed by atoms with Crippen molar-refractivity contribution in [1.29, 1.82) is 0 Å². The van der Waals surface area contributed by atoms with Gasteiger partial charge in [-0.25, -0.2) is 9.78 Å². The van der Waals surface area contributed by atoms with E-state index in [-0.39, 0.29) is 5.91 Å². The fourth-order valence-corrected chi connectivity index (χ4v) is 4.68. The molecule has 0 fully saturated rings.